The van der Waals surface area contributed by atoms with E-state index in [1.165, 1.54) is 0 Å². The summed E-state index contributed by atoms with van der Waals surface area (Å²) in [7, 11) is 7.40. The van der Waals surface area contributed by atoms with E-state index in [1.807, 2.05) is 31.2 Å². The third-order valence-electron chi connectivity index (χ3n) is 4.56. The van der Waals surface area contributed by atoms with Crippen LogP contribution in [0.2, 0.25) is 0 Å². The second-order valence-electron chi connectivity index (χ2n) is 6.66. The molecule has 6 heteroatoms. The van der Waals surface area contributed by atoms with E-state index < -0.39 is 0 Å². The van der Waals surface area contributed by atoms with Crippen molar-refractivity contribution >= 4 is 16.7 Å². The summed E-state index contributed by atoms with van der Waals surface area (Å²) in [5, 5.41) is 0. The predicted molar refractivity (Wildman–Crippen MR) is 106 cm³/mol. The van der Waals surface area contributed by atoms with Crippen molar-refractivity contribution in [3.05, 3.63) is 35.9 Å². The van der Waals surface area contributed by atoms with Gasteiger partial charge in [-0.3, -0.25) is 0 Å². The summed E-state index contributed by atoms with van der Waals surface area (Å²) >= 11 is 0. The zero-order valence-electron chi connectivity index (χ0n) is 16.0. The lowest BCUT2D eigenvalue weighted by Crippen LogP contribution is -2.18. The molecule has 2 N–H and O–H groups in total. The molecule has 0 unspecified atom stereocenters. The van der Waals surface area contributed by atoms with Crippen LogP contribution in [-0.2, 0) is 6.54 Å². The second-order valence-corrected chi connectivity index (χ2v) is 6.66. The minimum Gasteiger partial charge on any atom is -0.493 e. The van der Waals surface area contributed by atoms with Gasteiger partial charge in [0.15, 0.2) is 11.5 Å². The zero-order valence-corrected chi connectivity index (χ0v) is 16.0. The molecule has 1 heterocycles. The summed E-state index contributed by atoms with van der Waals surface area (Å²) in [5.41, 5.74) is 10.8. The van der Waals surface area contributed by atoms with E-state index in [4.69, 9.17) is 20.2 Å². The Kier molecular flexibility index (Phi) is 5.04. The van der Waals surface area contributed by atoms with Crippen LogP contribution in [0.15, 0.2) is 30.3 Å². The summed E-state index contributed by atoms with van der Waals surface area (Å²) < 4.78 is 13.1. The summed E-state index contributed by atoms with van der Waals surface area (Å²) in [5.74, 6) is 2.26. The van der Waals surface area contributed by atoms with Crippen molar-refractivity contribution in [1.82, 2.24) is 14.5 Å². The highest BCUT2D eigenvalue weighted by molar-refractivity contribution is 5.84. The summed E-state index contributed by atoms with van der Waals surface area (Å²) in [4.78, 5) is 7.02. The highest BCUT2D eigenvalue weighted by Crippen LogP contribution is 2.35. The van der Waals surface area contributed by atoms with Gasteiger partial charge in [0.2, 0.25) is 0 Å². The number of rotatable bonds is 6. The number of anilines is 1. The number of hydrogen-bond acceptors (Lipinski definition) is 5. The summed E-state index contributed by atoms with van der Waals surface area (Å²) in [6.07, 6.45) is 0. The molecule has 0 saturated carbocycles. The van der Waals surface area contributed by atoms with Crippen LogP contribution in [0.4, 0.5) is 5.69 Å². The van der Waals surface area contributed by atoms with Crippen LogP contribution in [0, 0.1) is 6.92 Å². The molecular formula is C20H26N4O2. The van der Waals surface area contributed by atoms with E-state index >= 15 is 0 Å². The van der Waals surface area contributed by atoms with Gasteiger partial charge in [0.25, 0.3) is 0 Å². The van der Waals surface area contributed by atoms with Crippen molar-refractivity contribution in [3.63, 3.8) is 0 Å². The Morgan fingerprint density at radius 2 is 1.77 bits per heavy atom. The molecule has 2 aromatic carbocycles. The Morgan fingerprint density at radius 3 is 2.38 bits per heavy atom. The van der Waals surface area contributed by atoms with Gasteiger partial charge in [0.05, 0.1) is 25.3 Å². The van der Waals surface area contributed by atoms with Gasteiger partial charge in [0.1, 0.15) is 5.82 Å². The second kappa shape index (κ2) is 7.25. The Bertz CT molecular complexity index is 931. The average molecular weight is 354 g/mol. The van der Waals surface area contributed by atoms with Gasteiger partial charge in [0, 0.05) is 36.5 Å². The van der Waals surface area contributed by atoms with E-state index in [0.29, 0.717) is 11.5 Å². The first-order valence-corrected chi connectivity index (χ1v) is 8.58. The van der Waals surface area contributed by atoms with E-state index in [0.717, 1.165) is 46.8 Å². The molecule has 26 heavy (non-hydrogen) atoms. The molecule has 0 aliphatic carbocycles. The van der Waals surface area contributed by atoms with Crippen LogP contribution in [0.1, 0.15) is 5.56 Å². The number of benzene rings is 2. The maximum Gasteiger partial charge on any atom is 0.163 e. The standard InChI is InChI=1S/C20H26N4O2/c1-13-6-7-14(10-15(13)21)20-22-16-11-18(25-4)19(26-5)12-17(16)24(20)9-8-23(2)3/h6-7,10-12H,8-9,21H2,1-5H3. The lowest BCUT2D eigenvalue weighted by molar-refractivity contribution is 0.355. The molecule has 0 atom stereocenters. The van der Waals surface area contributed by atoms with Gasteiger partial charge in [-0.05, 0) is 32.6 Å². The number of aromatic nitrogens is 2. The molecule has 0 spiro atoms. The molecular weight excluding hydrogens is 328 g/mol. The molecule has 0 aliphatic heterocycles. The molecule has 3 aromatic rings. The van der Waals surface area contributed by atoms with Gasteiger partial charge in [-0.1, -0.05) is 12.1 Å². The maximum atomic E-state index is 6.13. The summed E-state index contributed by atoms with van der Waals surface area (Å²) in [6.45, 7) is 3.71. The normalized spacial score (nSPS) is 11.3. The minimum atomic E-state index is 0.673. The van der Waals surface area contributed by atoms with E-state index in [1.54, 1.807) is 14.2 Å². The third-order valence-corrected chi connectivity index (χ3v) is 4.56. The molecule has 0 fully saturated rings. The lowest BCUT2D eigenvalue weighted by atomic mass is 10.1. The van der Waals surface area contributed by atoms with Crippen LogP contribution in [-0.4, -0.2) is 49.3 Å². The van der Waals surface area contributed by atoms with Gasteiger partial charge in [-0.15, -0.1) is 0 Å². The molecule has 1 aromatic heterocycles. The molecule has 0 radical (unpaired) electrons. The molecule has 3 rings (SSSR count). The number of hydrogen-bond donors (Lipinski definition) is 1. The fourth-order valence-corrected chi connectivity index (χ4v) is 2.98. The van der Waals surface area contributed by atoms with Crippen LogP contribution in [0.5, 0.6) is 11.5 Å². The van der Waals surface area contributed by atoms with Crippen LogP contribution >= 0.6 is 0 Å². The SMILES string of the molecule is COc1cc2nc(-c3ccc(C)c(N)c3)n(CCN(C)C)c2cc1OC. The van der Waals surface area contributed by atoms with Crippen LogP contribution in [0.3, 0.4) is 0 Å². The fraction of sp³-hybridized carbons (Fsp3) is 0.350. The summed E-state index contributed by atoms with van der Waals surface area (Å²) in [6, 6.07) is 9.98. The van der Waals surface area contributed by atoms with Crippen molar-refractivity contribution < 1.29 is 9.47 Å². The Balaban J connectivity index is 2.22. The monoisotopic (exact) mass is 354 g/mol. The molecule has 0 aliphatic rings. The highest BCUT2D eigenvalue weighted by Gasteiger charge is 2.17. The van der Waals surface area contributed by atoms with E-state index in [9.17, 15) is 0 Å². The minimum absolute atomic E-state index is 0.673. The van der Waals surface area contributed by atoms with Crippen LogP contribution in [0.25, 0.3) is 22.4 Å². The fourth-order valence-electron chi connectivity index (χ4n) is 2.98. The quantitative estimate of drug-likeness (QED) is 0.689. The molecule has 138 valence electrons. The molecule has 0 amide bonds. The third kappa shape index (κ3) is 3.32. The van der Waals surface area contributed by atoms with Crippen molar-refractivity contribution in [2.75, 3.05) is 40.6 Å². The zero-order chi connectivity index (χ0) is 18.8. The predicted octanol–water partition coefficient (Wildman–Crippen LogP) is 3.17. The van der Waals surface area contributed by atoms with Crippen molar-refractivity contribution in [2.24, 2.45) is 0 Å². The van der Waals surface area contributed by atoms with E-state index in [2.05, 4.69) is 29.6 Å². The van der Waals surface area contributed by atoms with Gasteiger partial charge < -0.3 is 24.7 Å². The first-order chi connectivity index (χ1) is 12.4. The lowest BCUT2D eigenvalue weighted by Gasteiger charge is -2.14. The first-order valence-electron chi connectivity index (χ1n) is 8.58. The van der Waals surface area contributed by atoms with Crippen molar-refractivity contribution in [1.29, 1.82) is 0 Å². The highest BCUT2D eigenvalue weighted by atomic mass is 16.5. The average Bonchev–Trinajstić information content (AvgIpc) is 2.98. The number of methoxy groups -OCH3 is 2. The van der Waals surface area contributed by atoms with Gasteiger partial charge >= 0.3 is 0 Å². The Labute approximate surface area is 154 Å². The van der Waals surface area contributed by atoms with E-state index in [-0.39, 0.29) is 0 Å². The molecule has 0 bridgehead atoms. The van der Waals surface area contributed by atoms with Crippen molar-refractivity contribution in [2.45, 2.75) is 13.5 Å². The molecule has 6 nitrogen and oxygen atoms in total. The number of aryl methyl sites for hydroxylation is 1. The molecule has 0 saturated heterocycles. The van der Waals surface area contributed by atoms with Gasteiger partial charge in [-0.25, -0.2) is 4.98 Å². The smallest absolute Gasteiger partial charge is 0.163 e. The number of nitrogens with two attached hydrogens (primary N) is 1. The number of nitrogen functional groups attached to an aromatic ring is 1. The number of fused-ring (bicyclic) bond motifs is 1. The Morgan fingerprint density at radius 1 is 1.08 bits per heavy atom. The largest absolute Gasteiger partial charge is 0.493 e. The number of nitrogens with zero attached hydrogens (tertiary/aromatic N) is 3. The van der Waals surface area contributed by atoms with Crippen molar-refractivity contribution in [3.8, 4) is 22.9 Å². The first kappa shape index (κ1) is 18.1. The topological polar surface area (TPSA) is 65.5 Å². The number of likely N-dealkylation sites (N-methyl/N-ethyl adjacent to an activating group) is 1. The van der Waals surface area contributed by atoms with Gasteiger partial charge in [-0.2, -0.15) is 0 Å². The Hall–Kier alpha value is -2.73. The number of ether oxygens (including phenoxy) is 2. The van der Waals surface area contributed by atoms with Crippen LogP contribution < -0.4 is 15.2 Å². The maximum absolute atomic E-state index is 6.13. The number of imidazole rings is 1.